The van der Waals surface area contributed by atoms with Crippen molar-refractivity contribution >= 4 is 5.91 Å². The first-order valence-electron chi connectivity index (χ1n) is 9.05. The molecule has 1 aliphatic rings. The average molecular weight is 354 g/mol. The SMILES string of the molecule is CCCNC(=O)c1coc(CN2CCN(C[C@@H](O)COCC)CC2)n1. The summed E-state index contributed by atoms with van der Waals surface area (Å²) >= 11 is 0. The molecule has 142 valence electrons. The number of carbonyl (C=O) groups excluding carboxylic acids is 1. The molecule has 0 spiro atoms. The second-order valence-corrected chi connectivity index (χ2v) is 6.27. The highest BCUT2D eigenvalue weighted by Crippen LogP contribution is 2.09. The van der Waals surface area contributed by atoms with Crippen LogP contribution in [-0.4, -0.2) is 84.4 Å². The van der Waals surface area contributed by atoms with Gasteiger partial charge in [0.25, 0.3) is 5.91 Å². The van der Waals surface area contributed by atoms with E-state index in [1.54, 1.807) is 0 Å². The minimum Gasteiger partial charge on any atom is -0.447 e. The summed E-state index contributed by atoms with van der Waals surface area (Å²) in [6.07, 6.45) is 1.86. The molecule has 1 fully saturated rings. The molecule has 0 aliphatic carbocycles. The molecule has 2 N–H and O–H groups in total. The van der Waals surface area contributed by atoms with E-state index < -0.39 is 6.10 Å². The third-order valence-corrected chi connectivity index (χ3v) is 4.13. The van der Waals surface area contributed by atoms with Crippen molar-refractivity contribution in [1.29, 1.82) is 0 Å². The normalized spacial score (nSPS) is 17.6. The van der Waals surface area contributed by atoms with E-state index in [4.69, 9.17) is 9.15 Å². The largest absolute Gasteiger partial charge is 0.447 e. The van der Waals surface area contributed by atoms with E-state index in [0.29, 0.717) is 44.4 Å². The van der Waals surface area contributed by atoms with E-state index in [1.165, 1.54) is 6.26 Å². The molecule has 0 aromatic carbocycles. The van der Waals surface area contributed by atoms with Gasteiger partial charge in [-0.05, 0) is 13.3 Å². The molecule has 1 aliphatic heterocycles. The third-order valence-electron chi connectivity index (χ3n) is 4.13. The van der Waals surface area contributed by atoms with E-state index in [0.717, 1.165) is 32.6 Å². The molecule has 8 nitrogen and oxygen atoms in total. The number of ether oxygens (including phenoxy) is 1. The van der Waals surface area contributed by atoms with Gasteiger partial charge in [0.2, 0.25) is 5.89 Å². The summed E-state index contributed by atoms with van der Waals surface area (Å²) in [6, 6.07) is 0. The first-order chi connectivity index (χ1) is 12.1. The van der Waals surface area contributed by atoms with Crippen molar-refractivity contribution in [2.24, 2.45) is 0 Å². The van der Waals surface area contributed by atoms with Crippen LogP contribution in [0.1, 0.15) is 36.6 Å². The zero-order valence-electron chi connectivity index (χ0n) is 15.2. The van der Waals surface area contributed by atoms with Crippen LogP contribution in [0.4, 0.5) is 0 Å². The van der Waals surface area contributed by atoms with Crippen molar-refractivity contribution in [2.45, 2.75) is 32.9 Å². The van der Waals surface area contributed by atoms with Gasteiger partial charge in [0.05, 0.1) is 19.3 Å². The van der Waals surface area contributed by atoms with Gasteiger partial charge < -0.3 is 19.6 Å². The zero-order chi connectivity index (χ0) is 18.1. The first kappa shape index (κ1) is 19.8. The number of carbonyl (C=O) groups is 1. The van der Waals surface area contributed by atoms with Gasteiger partial charge in [-0.3, -0.25) is 14.6 Å². The zero-order valence-corrected chi connectivity index (χ0v) is 15.2. The first-order valence-corrected chi connectivity index (χ1v) is 9.05. The Labute approximate surface area is 149 Å². The Kier molecular flexibility index (Phi) is 8.33. The lowest BCUT2D eigenvalue weighted by molar-refractivity contribution is 0.00949. The smallest absolute Gasteiger partial charge is 0.273 e. The van der Waals surface area contributed by atoms with E-state index in [-0.39, 0.29) is 5.91 Å². The minimum absolute atomic E-state index is 0.190. The van der Waals surface area contributed by atoms with E-state index in [2.05, 4.69) is 20.1 Å². The Morgan fingerprint density at radius 3 is 2.76 bits per heavy atom. The highest BCUT2D eigenvalue weighted by atomic mass is 16.5. The maximum absolute atomic E-state index is 11.8. The van der Waals surface area contributed by atoms with Crippen LogP contribution in [0.5, 0.6) is 0 Å². The predicted molar refractivity (Wildman–Crippen MR) is 93.3 cm³/mol. The molecule has 25 heavy (non-hydrogen) atoms. The van der Waals surface area contributed by atoms with Gasteiger partial charge >= 0.3 is 0 Å². The highest BCUT2D eigenvalue weighted by Gasteiger charge is 2.21. The number of hydrogen-bond acceptors (Lipinski definition) is 7. The summed E-state index contributed by atoms with van der Waals surface area (Å²) in [5, 5.41) is 12.7. The molecule has 2 rings (SSSR count). The predicted octanol–water partition coefficient (Wildman–Crippen LogP) is 0.329. The number of aromatic nitrogens is 1. The van der Waals surface area contributed by atoms with Gasteiger partial charge in [0, 0.05) is 45.9 Å². The summed E-state index contributed by atoms with van der Waals surface area (Å²) in [6.45, 7) is 10.3. The Morgan fingerprint density at radius 2 is 2.08 bits per heavy atom. The standard InChI is InChI=1S/C17H30N4O4/c1-3-5-18-17(23)15-13-25-16(19-15)11-21-8-6-20(7-9-21)10-14(22)12-24-4-2/h13-14,22H,3-12H2,1-2H3,(H,18,23)/t14-/m1/s1. The Hall–Kier alpha value is -1.48. The number of rotatable bonds is 10. The number of nitrogens with zero attached hydrogens (tertiary/aromatic N) is 3. The highest BCUT2D eigenvalue weighted by molar-refractivity contribution is 5.91. The molecule has 0 unspecified atom stereocenters. The van der Waals surface area contributed by atoms with Crippen molar-refractivity contribution in [3.05, 3.63) is 17.8 Å². The lowest BCUT2D eigenvalue weighted by atomic mass is 10.2. The number of hydrogen-bond donors (Lipinski definition) is 2. The number of aliphatic hydroxyl groups is 1. The quantitative estimate of drug-likeness (QED) is 0.626. The number of aliphatic hydroxyl groups excluding tert-OH is 1. The Bertz CT molecular complexity index is 515. The lowest BCUT2D eigenvalue weighted by Crippen LogP contribution is -2.48. The van der Waals surface area contributed by atoms with Gasteiger partial charge in [-0.2, -0.15) is 0 Å². The van der Waals surface area contributed by atoms with Crippen LogP contribution in [0.3, 0.4) is 0 Å². The van der Waals surface area contributed by atoms with Crippen LogP contribution in [0, 0.1) is 0 Å². The molecule has 0 radical (unpaired) electrons. The molecule has 0 saturated carbocycles. The topological polar surface area (TPSA) is 91.1 Å². The summed E-state index contributed by atoms with van der Waals surface area (Å²) in [5.74, 6) is 0.372. The maximum Gasteiger partial charge on any atom is 0.273 e. The summed E-state index contributed by atoms with van der Waals surface area (Å²) in [7, 11) is 0. The van der Waals surface area contributed by atoms with Crippen molar-refractivity contribution in [3.63, 3.8) is 0 Å². The van der Waals surface area contributed by atoms with Crippen LogP contribution in [-0.2, 0) is 11.3 Å². The number of nitrogens with one attached hydrogen (secondary N) is 1. The molecular weight excluding hydrogens is 324 g/mol. The Balaban J connectivity index is 1.71. The molecule has 0 bridgehead atoms. The van der Waals surface area contributed by atoms with Gasteiger partial charge in [-0.1, -0.05) is 6.92 Å². The minimum atomic E-state index is -0.442. The van der Waals surface area contributed by atoms with Gasteiger partial charge in [-0.25, -0.2) is 4.98 Å². The third kappa shape index (κ3) is 6.74. The van der Waals surface area contributed by atoms with Crippen molar-refractivity contribution in [2.75, 3.05) is 52.5 Å². The molecule has 1 atom stereocenters. The number of amides is 1. The fourth-order valence-electron chi connectivity index (χ4n) is 2.74. The molecular formula is C17H30N4O4. The number of piperazine rings is 1. The molecule has 2 heterocycles. The van der Waals surface area contributed by atoms with E-state index in [1.807, 2.05) is 13.8 Å². The second kappa shape index (κ2) is 10.5. The molecule has 1 aromatic rings. The van der Waals surface area contributed by atoms with Crippen molar-refractivity contribution < 1.29 is 19.1 Å². The van der Waals surface area contributed by atoms with Gasteiger partial charge in [0.15, 0.2) is 5.69 Å². The van der Waals surface area contributed by atoms with Crippen LogP contribution in [0.15, 0.2) is 10.7 Å². The monoisotopic (exact) mass is 354 g/mol. The van der Waals surface area contributed by atoms with Crippen LogP contribution < -0.4 is 5.32 Å². The van der Waals surface area contributed by atoms with Gasteiger partial charge in [-0.15, -0.1) is 0 Å². The summed E-state index contributed by atoms with van der Waals surface area (Å²) < 4.78 is 10.7. The van der Waals surface area contributed by atoms with Crippen molar-refractivity contribution in [1.82, 2.24) is 20.1 Å². The van der Waals surface area contributed by atoms with Crippen molar-refractivity contribution in [3.8, 4) is 0 Å². The molecule has 1 amide bonds. The lowest BCUT2D eigenvalue weighted by Gasteiger charge is -2.34. The Morgan fingerprint density at radius 1 is 1.36 bits per heavy atom. The van der Waals surface area contributed by atoms with E-state index in [9.17, 15) is 9.90 Å². The summed E-state index contributed by atoms with van der Waals surface area (Å²) in [5.41, 5.74) is 0.334. The van der Waals surface area contributed by atoms with E-state index >= 15 is 0 Å². The fourth-order valence-corrected chi connectivity index (χ4v) is 2.74. The van der Waals surface area contributed by atoms with Crippen LogP contribution in [0.25, 0.3) is 0 Å². The molecule has 1 saturated heterocycles. The van der Waals surface area contributed by atoms with Crippen LogP contribution in [0.2, 0.25) is 0 Å². The number of β-amino-alcohol motifs (C(OH)–C–C–N with tert-alkyl or cyclic N) is 1. The average Bonchev–Trinajstić information content (AvgIpc) is 3.08. The molecule has 1 aromatic heterocycles. The fraction of sp³-hybridized carbons (Fsp3) is 0.765. The maximum atomic E-state index is 11.8. The molecule has 8 heteroatoms. The van der Waals surface area contributed by atoms with Crippen LogP contribution >= 0.6 is 0 Å². The number of oxazole rings is 1. The summed E-state index contributed by atoms with van der Waals surface area (Å²) in [4.78, 5) is 20.6. The van der Waals surface area contributed by atoms with Gasteiger partial charge in [0.1, 0.15) is 6.26 Å². The second-order valence-electron chi connectivity index (χ2n) is 6.27.